The van der Waals surface area contributed by atoms with Crippen LogP contribution in [0.1, 0.15) is 25.7 Å². The van der Waals surface area contributed by atoms with Gasteiger partial charge in [-0.25, -0.2) is 0 Å². The summed E-state index contributed by atoms with van der Waals surface area (Å²) in [6.45, 7) is 3.12. The highest BCUT2D eigenvalue weighted by molar-refractivity contribution is 5.82. The van der Waals surface area contributed by atoms with Crippen LogP contribution in [-0.4, -0.2) is 36.5 Å². The number of rotatable bonds is 1. The van der Waals surface area contributed by atoms with Crippen LogP contribution in [0, 0.1) is 0 Å². The molecular weight excluding hydrogens is 152 g/mol. The third-order valence-electron chi connectivity index (χ3n) is 2.84. The molecule has 0 aromatic rings. The molecule has 68 valence electrons. The molecule has 2 saturated heterocycles. The van der Waals surface area contributed by atoms with Gasteiger partial charge >= 0.3 is 0 Å². The van der Waals surface area contributed by atoms with Crippen LogP contribution in [0.2, 0.25) is 0 Å². The minimum absolute atomic E-state index is 0.196. The number of nitrogens with zero attached hydrogens (tertiary/aromatic N) is 1. The van der Waals surface area contributed by atoms with E-state index in [0.29, 0.717) is 0 Å². The predicted molar refractivity (Wildman–Crippen MR) is 46.8 cm³/mol. The minimum Gasteiger partial charge on any atom is -0.355 e. The maximum absolute atomic E-state index is 11.4. The number of piperidine rings is 1. The van der Waals surface area contributed by atoms with Crippen LogP contribution >= 0.6 is 0 Å². The first kappa shape index (κ1) is 8.05. The molecule has 2 aliphatic heterocycles. The van der Waals surface area contributed by atoms with Crippen molar-refractivity contribution in [3.05, 3.63) is 0 Å². The molecule has 2 rings (SSSR count). The van der Waals surface area contributed by atoms with E-state index in [4.69, 9.17) is 0 Å². The fourth-order valence-corrected chi connectivity index (χ4v) is 2.16. The highest BCUT2D eigenvalue weighted by Gasteiger charge is 2.29. The quantitative estimate of drug-likeness (QED) is 0.613. The maximum atomic E-state index is 11.4. The van der Waals surface area contributed by atoms with E-state index in [1.807, 2.05) is 0 Å². The SMILES string of the molecule is O=C1NCCC[C@@H]1N1CCCC1. The molecule has 0 saturated carbocycles. The third kappa shape index (κ3) is 1.46. The lowest BCUT2D eigenvalue weighted by molar-refractivity contribution is -0.127. The Morgan fingerprint density at radius 2 is 2.00 bits per heavy atom. The average molecular weight is 168 g/mol. The van der Waals surface area contributed by atoms with Crippen LogP contribution in [0.4, 0.5) is 0 Å². The Hall–Kier alpha value is -0.570. The maximum Gasteiger partial charge on any atom is 0.237 e. The first-order chi connectivity index (χ1) is 5.88. The lowest BCUT2D eigenvalue weighted by Crippen LogP contribution is -2.49. The summed E-state index contributed by atoms with van der Waals surface area (Å²) in [7, 11) is 0. The first-order valence-corrected chi connectivity index (χ1v) is 4.90. The molecule has 2 fully saturated rings. The highest BCUT2D eigenvalue weighted by atomic mass is 16.2. The van der Waals surface area contributed by atoms with Crippen molar-refractivity contribution in [1.82, 2.24) is 10.2 Å². The van der Waals surface area contributed by atoms with E-state index in [2.05, 4.69) is 10.2 Å². The minimum atomic E-state index is 0.196. The fourth-order valence-electron chi connectivity index (χ4n) is 2.16. The van der Waals surface area contributed by atoms with Crippen molar-refractivity contribution in [3.8, 4) is 0 Å². The van der Waals surface area contributed by atoms with Crippen LogP contribution in [0.15, 0.2) is 0 Å². The molecule has 0 aromatic heterocycles. The van der Waals surface area contributed by atoms with E-state index < -0.39 is 0 Å². The number of nitrogens with one attached hydrogen (secondary N) is 1. The monoisotopic (exact) mass is 168 g/mol. The molecule has 0 aliphatic carbocycles. The molecule has 2 aliphatic rings. The van der Waals surface area contributed by atoms with Crippen LogP contribution in [0.5, 0.6) is 0 Å². The largest absolute Gasteiger partial charge is 0.355 e. The van der Waals surface area contributed by atoms with Crippen LogP contribution in [-0.2, 0) is 4.79 Å². The Balaban J connectivity index is 1.95. The van der Waals surface area contributed by atoms with Gasteiger partial charge in [0.2, 0.25) is 5.91 Å². The zero-order valence-corrected chi connectivity index (χ0v) is 7.38. The van der Waals surface area contributed by atoms with Crippen molar-refractivity contribution in [2.75, 3.05) is 19.6 Å². The summed E-state index contributed by atoms with van der Waals surface area (Å²) >= 11 is 0. The zero-order valence-electron chi connectivity index (χ0n) is 7.38. The van der Waals surface area contributed by atoms with Gasteiger partial charge in [0, 0.05) is 6.54 Å². The van der Waals surface area contributed by atoms with E-state index in [0.717, 1.165) is 32.5 Å². The van der Waals surface area contributed by atoms with Crippen molar-refractivity contribution in [2.45, 2.75) is 31.7 Å². The van der Waals surface area contributed by atoms with Crippen molar-refractivity contribution in [2.24, 2.45) is 0 Å². The Bertz CT molecular complexity index is 175. The Morgan fingerprint density at radius 3 is 2.67 bits per heavy atom. The van der Waals surface area contributed by atoms with Crippen molar-refractivity contribution in [3.63, 3.8) is 0 Å². The third-order valence-corrected chi connectivity index (χ3v) is 2.84. The first-order valence-electron chi connectivity index (χ1n) is 4.90. The molecule has 3 nitrogen and oxygen atoms in total. The van der Waals surface area contributed by atoms with E-state index >= 15 is 0 Å². The van der Waals surface area contributed by atoms with E-state index in [1.165, 1.54) is 12.8 Å². The smallest absolute Gasteiger partial charge is 0.237 e. The highest BCUT2D eigenvalue weighted by Crippen LogP contribution is 2.17. The van der Waals surface area contributed by atoms with Gasteiger partial charge in [0.05, 0.1) is 6.04 Å². The summed E-state index contributed by atoms with van der Waals surface area (Å²) < 4.78 is 0. The predicted octanol–water partition coefficient (Wildman–Crippen LogP) is 0.361. The van der Waals surface area contributed by atoms with Crippen LogP contribution in [0.25, 0.3) is 0 Å². The summed E-state index contributed by atoms with van der Waals surface area (Å²) in [6, 6.07) is 0.196. The summed E-state index contributed by atoms with van der Waals surface area (Å²) in [5, 5.41) is 2.93. The molecule has 1 amide bonds. The Labute approximate surface area is 73.1 Å². The summed E-state index contributed by atoms with van der Waals surface area (Å²) in [6.07, 6.45) is 4.74. The van der Waals surface area contributed by atoms with Gasteiger partial charge < -0.3 is 5.32 Å². The number of hydrogen-bond donors (Lipinski definition) is 1. The van der Waals surface area contributed by atoms with E-state index in [-0.39, 0.29) is 11.9 Å². The van der Waals surface area contributed by atoms with Gasteiger partial charge in [0.25, 0.3) is 0 Å². The number of carbonyl (C=O) groups excluding carboxylic acids is 1. The number of hydrogen-bond acceptors (Lipinski definition) is 2. The molecule has 0 spiro atoms. The van der Waals surface area contributed by atoms with E-state index in [1.54, 1.807) is 0 Å². The van der Waals surface area contributed by atoms with Crippen LogP contribution in [0.3, 0.4) is 0 Å². The molecule has 12 heavy (non-hydrogen) atoms. The molecule has 0 aromatic carbocycles. The lowest BCUT2D eigenvalue weighted by atomic mass is 10.1. The molecule has 0 unspecified atom stereocenters. The second-order valence-corrected chi connectivity index (χ2v) is 3.69. The standard InChI is InChI=1S/C9H16N2O/c12-9-8(4-3-5-10-9)11-6-1-2-7-11/h8H,1-7H2,(H,10,12)/t8-/m0/s1. The molecule has 0 radical (unpaired) electrons. The number of likely N-dealkylation sites (tertiary alicyclic amines) is 1. The lowest BCUT2D eigenvalue weighted by Gasteiger charge is -2.29. The second-order valence-electron chi connectivity index (χ2n) is 3.69. The molecule has 0 bridgehead atoms. The molecule has 2 heterocycles. The van der Waals surface area contributed by atoms with Crippen LogP contribution < -0.4 is 5.32 Å². The van der Waals surface area contributed by atoms with Gasteiger partial charge in [-0.2, -0.15) is 0 Å². The Morgan fingerprint density at radius 1 is 1.25 bits per heavy atom. The van der Waals surface area contributed by atoms with Gasteiger partial charge in [0.15, 0.2) is 0 Å². The van der Waals surface area contributed by atoms with Gasteiger partial charge in [0.1, 0.15) is 0 Å². The molecular formula is C9H16N2O. The normalized spacial score (nSPS) is 32.0. The van der Waals surface area contributed by atoms with Gasteiger partial charge in [-0.05, 0) is 38.8 Å². The number of carbonyl (C=O) groups is 1. The Kier molecular flexibility index (Phi) is 2.30. The summed E-state index contributed by atoms with van der Waals surface area (Å²) in [5.74, 6) is 0.253. The summed E-state index contributed by atoms with van der Waals surface area (Å²) in [4.78, 5) is 13.8. The second kappa shape index (κ2) is 3.44. The fraction of sp³-hybridized carbons (Fsp3) is 0.889. The van der Waals surface area contributed by atoms with Crippen molar-refractivity contribution >= 4 is 5.91 Å². The van der Waals surface area contributed by atoms with E-state index in [9.17, 15) is 4.79 Å². The van der Waals surface area contributed by atoms with Gasteiger partial charge in [-0.15, -0.1) is 0 Å². The molecule has 1 N–H and O–H groups in total. The van der Waals surface area contributed by atoms with Crippen molar-refractivity contribution in [1.29, 1.82) is 0 Å². The van der Waals surface area contributed by atoms with Gasteiger partial charge in [-0.1, -0.05) is 0 Å². The zero-order chi connectivity index (χ0) is 8.39. The summed E-state index contributed by atoms with van der Waals surface area (Å²) in [5.41, 5.74) is 0. The topological polar surface area (TPSA) is 32.3 Å². The molecule has 3 heteroatoms. The molecule has 1 atom stereocenters. The van der Waals surface area contributed by atoms with Crippen molar-refractivity contribution < 1.29 is 4.79 Å². The van der Waals surface area contributed by atoms with Gasteiger partial charge in [-0.3, -0.25) is 9.69 Å². The average Bonchev–Trinajstić information content (AvgIpc) is 2.57. The number of amides is 1.